The standard InChI is InChI=1S/C11H11N3S/c1-12-7-14-10-5-3-2-4-8(10)9-6-13-15-11(9)14/h2-6,12H,7H2,1H3. The van der Waals surface area contributed by atoms with Gasteiger partial charge in [-0.15, -0.1) is 0 Å². The largest absolute Gasteiger partial charge is 0.318 e. The van der Waals surface area contributed by atoms with E-state index in [1.165, 1.54) is 21.1 Å². The minimum absolute atomic E-state index is 0.826. The van der Waals surface area contributed by atoms with Crippen LogP contribution in [0.15, 0.2) is 30.5 Å². The first-order chi connectivity index (χ1) is 7.42. The van der Waals surface area contributed by atoms with Crippen molar-refractivity contribution in [1.29, 1.82) is 0 Å². The van der Waals surface area contributed by atoms with E-state index in [4.69, 9.17) is 0 Å². The van der Waals surface area contributed by atoms with Crippen molar-refractivity contribution in [2.45, 2.75) is 6.67 Å². The average Bonchev–Trinajstić information content (AvgIpc) is 2.82. The summed E-state index contributed by atoms with van der Waals surface area (Å²) in [6, 6.07) is 8.45. The molecule has 0 saturated carbocycles. The van der Waals surface area contributed by atoms with E-state index < -0.39 is 0 Å². The summed E-state index contributed by atoms with van der Waals surface area (Å²) in [5.41, 5.74) is 1.27. The molecule has 0 bridgehead atoms. The predicted octanol–water partition coefficient (Wildman–Crippen LogP) is 2.43. The van der Waals surface area contributed by atoms with E-state index in [0.717, 1.165) is 6.67 Å². The Morgan fingerprint density at radius 2 is 2.20 bits per heavy atom. The molecule has 0 amide bonds. The molecule has 3 aromatic rings. The van der Waals surface area contributed by atoms with Crippen molar-refractivity contribution < 1.29 is 0 Å². The lowest BCUT2D eigenvalue weighted by atomic mass is 10.2. The molecule has 76 valence electrons. The van der Waals surface area contributed by atoms with E-state index in [1.54, 1.807) is 11.5 Å². The summed E-state index contributed by atoms with van der Waals surface area (Å²) in [6.07, 6.45) is 1.95. The third kappa shape index (κ3) is 1.19. The monoisotopic (exact) mass is 217 g/mol. The van der Waals surface area contributed by atoms with Crippen LogP contribution in [-0.4, -0.2) is 16.0 Å². The van der Waals surface area contributed by atoms with Gasteiger partial charge in [-0.1, -0.05) is 18.2 Å². The molecule has 2 aromatic heterocycles. The third-order valence-electron chi connectivity index (χ3n) is 2.60. The number of para-hydroxylation sites is 1. The lowest BCUT2D eigenvalue weighted by molar-refractivity contribution is 0.656. The number of hydrogen-bond acceptors (Lipinski definition) is 3. The van der Waals surface area contributed by atoms with Crippen LogP contribution < -0.4 is 5.32 Å². The van der Waals surface area contributed by atoms with Crippen molar-refractivity contribution in [2.75, 3.05) is 7.05 Å². The second-order valence-corrected chi connectivity index (χ2v) is 4.28. The van der Waals surface area contributed by atoms with E-state index in [9.17, 15) is 0 Å². The summed E-state index contributed by atoms with van der Waals surface area (Å²) >= 11 is 1.55. The van der Waals surface area contributed by atoms with Gasteiger partial charge in [0.05, 0.1) is 18.4 Å². The summed E-state index contributed by atoms with van der Waals surface area (Å²) in [5.74, 6) is 0. The minimum Gasteiger partial charge on any atom is -0.318 e. The van der Waals surface area contributed by atoms with Gasteiger partial charge >= 0.3 is 0 Å². The molecule has 1 N–H and O–H groups in total. The highest BCUT2D eigenvalue weighted by Gasteiger charge is 2.10. The predicted molar refractivity (Wildman–Crippen MR) is 64.2 cm³/mol. The maximum absolute atomic E-state index is 4.25. The Hall–Kier alpha value is -1.39. The van der Waals surface area contributed by atoms with Crippen LogP contribution in [0.3, 0.4) is 0 Å². The Balaban J connectivity index is 2.47. The van der Waals surface area contributed by atoms with Gasteiger partial charge in [0.1, 0.15) is 4.83 Å². The number of fused-ring (bicyclic) bond motifs is 3. The van der Waals surface area contributed by atoms with E-state index >= 15 is 0 Å². The Labute approximate surface area is 91.5 Å². The lowest BCUT2D eigenvalue weighted by Crippen LogP contribution is -2.11. The molecule has 3 nitrogen and oxygen atoms in total. The number of rotatable bonds is 2. The van der Waals surface area contributed by atoms with Gasteiger partial charge in [-0.2, -0.15) is 4.37 Å². The molecule has 0 unspecified atom stereocenters. The zero-order valence-corrected chi connectivity index (χ0v) is 9.21. The van der Waals surface area contributed by atoms with Gasteiger partial charge in [0, 0.05) is 10.8 Å². The first-order valence-corrected chi connectivity index (χ1v) is 5.65. The molecule has 0 spiro atoms. The van der Waals surface area contributed by atoms with Crippen molar-refractivity contribution in [1.82, 2.24) is 14.3 Å². The molecule has 0 aliphatic carbocycles. The van der Waals surface area contributed by atoms with E-state index in [1.807, 2.05) is 13.2 Å². The topological polar surface area (TPSA) is 29.9 Å². The molecule has 4 heteroatoms. The van der Waals surface area contributed by atoms with Gasteiger partial charge in [-0.25, -0.2) is 0 Å². The van der Waals surface area contributed by atoms with Gasteiger partial charge in [-0.05, 0) is 24.6 Å². The molecule has 3 rings (SSSR count). The number of hydrogen-bond donors (Lipinski definition) is 1. The summed E-state index contributed by atoms with van der Waals surface area (Å²) in [7, 11) is 1.96. The number of nitrogens with zero attached hydrogens (tertiary/aromatic N) is 2. The van der Waals surface area contributed by atoms with Crippen molar-refractivity contribution in [2.24, 2.45) is 0 Å². The third-order valence-corrected chi connectivity index (χ3v) is 3.42. The van der Waals surface area contributed by atoms with Crippen LogP contribution in [0.1, 0.15) is 0 Å². The van der Waals surface area contributed by atoms with Crippen LogP contribution in [0.25, 0.3) is 21.1 Å². The molecule has 0 atom stereocenters. The Bertz CT molecular complexity index is 608. The number of aromatic nitrogens is 2. The highest BCUT2D eigenvalue weighted by Crippen LogP contribution is 2.30. The van der Waals surface area contributed by atoms with Crippen LogP contribution >= 0.6 is 11.5 Å². The summed E-state index contributed by atoms with van der Waals surface area (Å²) in [6.45, 7) is 0.826. The van der Waals surface area contributed by atoms with Gasteiger partial charge in [0.2, 0.25) is 0 Å². The molecule has 0 saturated heterocycles. The van der Waals surface area contributed by atoms with Crippen LogP contribution in [0, 0.1) is 0 Å². The highest BCUT2D eigenvalue weighted by atomic mass is 32.1. The molecule has 15 heavy (non-hydrogen) atoms. The fourth-order valence-corrected chi connectivity index (χ4v) is 2.75. The number of benzene rings is 1. The van der Waals surface area contributed by atoms with Crippen molar-refractivity contribution in [3.8, 4) is 0 Å². The lowest BCUT2D eigenvalue weighted by Gasteiger charge is -2.03. The summed E-state index contributed by atoms with van der Waals surface area (Å²) in [5, 5.41) is 5.73. The Kier molecular flexibility index (Phi) is 1.97. The SMILES string of the molecule is CNCn1c2ccccc2c2cnsc21. The zero-order chi connectivity index (χ0) is 10.3. The fraction of sp³-hybridized carbons (Fsp3) is 0.182. The minimum atomic E-state index is 0.826. The Morgan fingerprint density at radius 1 is 1.33 bits per heavy atom. The van der Waals surface area contributed by atoms with Crippen LogP contribution in [0.4, 0.5) is 0 Å². The molecule has 1 aromatic carbocycles. The normalized spacial score (nSPS) is 11.5. The molecular formula is C11H11N3S. The van der Waals surface area contributed by atoms with Gasteiger partial charge in [0.25, 0.3) is 0 Å². The fourth-order valence-electron chi connectivity index (χ4n) is 1.97. The quantitative estimate of drug-likeness (QED) is 0.714. The highest BCUT2D eigenvalue weighted by molar-refractivity contribution is 7.13. The molecule has 0 fully saturated rings. The summed E-state index contributed by atoms with van der Waals surface area (Å²) < 4.78 is 6.51. The van der Waals surface area contributed by atoms with E-state index in [-0.39, 0.29) is 0 Å². The smallest absolute Gasteiger partial charge is 0.125 e. The number of nitrogens with one attached hydrogen (secondary N) is 1. The Morgan fingerprint density at radius 3 is 3.07 bits per heavy atom. The van der Waals surface area contributed by atoms with Crippen molar-refractivity contribution >= 4 is 32.7 Å². The van der Waals surface area contributed by atoms with Crippen LogP contribution in [0.5, 0.6) is 0 Å². The van der Waals surface area contributed by atoms with Crippen molar-refractivity contribution in [3.63, 3.8) is 0 Å². The molecule has 0 radical (unpaired) electrons. The average molecular weight is 217 g/mol. The van der Waals surface area contributed by atoms with Crippen LogP contribution in [-0.2, 0) is 6.67 Å². The van der Waals surface area contributed by atoms with Crippen molar-refractivity contribution in [3.05, 3.63) is 30.5 Å². The van der Waals surface area contributed by atoms with Gasteiger partial charge in [0.15, 0.2) is 0 Å². The van der Waals surface area contributed by atoms with Crippen LogP contribution in [0.2, 0.25) is 0 Å². The van der Waals surface area contributed by atoms with Gasteiger partial charge < -0.3 is 9.88 Å². The summed E-state index contributed by atoms with van der Waals surface area (Å²) in [4.78, 5) is 1.24. The molecule has 0 aliphatic rings. The molecule has 0 aliphatic heterocycles. The van der Waals surface area contributed by atoms with Gasteiger partial charge in [-0.3, -0.25) is 0 Å². The zero-order valence-electron chi connectivity index (χ0n) is 8.40. The van der Waals surface area contributed by atoms with E-state index in [2.05, 4.69) is 38.5 Å². The second-order valence-electron chi connectivity index (χ2n) is 3.50. The first-order valence-electron chi connectivity index (χ1n) is 4.88. The molecular weight excluding hydrogens is 206 g/mol. The maximum atomic E-state index is 4.25. The maximum Gasteiger partial charge on any atom is 0.125 e. The first kappa shape index (κ1) is 8.88. The second kappa shape index (κ2) is 3.32. The van der Waals surface area contributed by atoms with E-state index in [0.29, 0.717) is 0 Å². The molecule has 2 heterocycles.